The lowest BCUT2D eigenvalue weighted by Gasteiger charge is -2.12. The molecule has 1 fully saturated rings. The number of carbonyl (C=O) groups is 1. The molecule has 0 bridgehead atoms. The highest BCUT2D eigenvalue weighted by Crippen LogP contribution is 2.26. The summed E-state index contributed by atoms with van der Waals surface area (Å²) in [5.41, 5.74) is 0.0802. The third-order valence-electron chi connectivity index (χ3n) is 4.68. The number of benzene rings is 2. The van der Waals surface area contributed by atoms with Crippen molar-refractivity contribution in [3.05, 3.63) is 52.9 Å². The second-order valence-electron chi connectivity index (χ2n) is 6.43. The Kier molecular flexibility index (Phi) is 4.14. The normalized spacial score (nSPS) is 14.9. The van der Waals surface area contributed by atoms with Gasteiger partial charge < -0.3 is 14.5 Å². The molecule has 1 heterocycles. The van der Waals surface area contributed by atoms with Crippen LogP contribution in [0.2, 0.25) is 0 Å². The molecule has 25 heavy (non-hydrogen) atoms. The Morgan fingerprint density at radius 3 is 2.64 bits per heavy atom. The zero-order valence-corrected chi connectivity index (χ0v) is 13.8. The van der Waals surface area contributed by atoms with Crippen molar-refractivity contribution in [3.63, 3.8) is 0 Å². The summed E-state index contributed by atoms with van der Waals surface area (Å²) in [5.74, 6) is 0.388. The number of carbonyl (C=O) groups excluding carboxylic acids is 1. The number of rotatable bonds is 4. The molecule has 0 spiro atoms. The van der Waals surface area contributed by atoms with E-state index in [2.05, 4.69) is 5.32 Å². The molecule has 2 aromatic carbocycles. The van der Waals surface area contributed by atoms with Crippen molar-refractivity contribution in [2.24, 2.45) is 0 Å². The predicted molar refractivity (Wildman–Crippen MR) is 95.9 cm³/mol. The Balaban J connectivity index is 1.54. The van der Waals surface area contributed by atoms with Gasteiger partial charge in [0.15, 0.2) is 6.61 Å². The van der Waals surface area contributed by atoms with Crippen molar-refractivity contribution in [3.8, 4) is 5.75 Å². The van der Waals surface area contributed by atoms with E-state index in [0.717, 1.165) is 23.6 Å². The summed E-state index contributed by atoms with van der Waals surface area (Å²) in [5, 5.41) is 5.23. The van der Waals surface area contributed by atoms with E-state index in [1.165, 1.54) is 12.8 Å². The molecular weight excluding hydrogens is 318 g/mol. The Morgan fingerprint density at radius 1 is 1.08 bits per heavy atom. The van der Waals surface area contributed by atoms with E-state index in [1.807, 2.05) is 24.3 Å². The van der Waals surface area contributed by atoms with Gasteiger partial charge in [0.1, 0.15) is 11.3 Å². The van der Waals surface area contributed by atoms with E-state index in [0.29, 0.717) is 16.7 Å². The number of fused-ring (bicyclic) bond motifs is 3. The molecular formula is C20H19NO4. The Labute approximate surface area is 144 Å². The van der Waals surface area contributed by atoms with Crippen LogP contribution in [0.5, 0.6) is 5.75 Å². The molecule has 3 aromatic rings. The standard InChI is InChI=1S/C20H19NO4/c22-19(21-13-5-1-2-6-13)12-24-14-9-10-16-15-7-3-4-8-17(15)20(23)25-18(16)11-14/h3-4,7-11,13H,1-2,5-6,12H2,(H,21,22). The molecule has 5 nitrogen and oxygen atoms in total. The highest BCUT2D eigenvalue weighted by atomic mass is 16.5. The molecule has 1 N–H and O–H groups in total. The van der Waals surface area contributed by atoms with Crippen LogP contribution in [0.1, 0.15) is 25.7 Å². The SMILES string of the molecule is O=C(COc1ccc2c(c1)oc(=O)c1ccccc12)NC1CCCC1. The summed E-state index contributed by atoms with van der Waals surface area (Å²) in [7, 11) is 0. The van der Waals surface area contributed by atoms with Gasteiger partial charge in [-0.3, -0.25) is 4.79 Å². The van der Waals surface area contributed by atoms with Gasteiger partial charge >= 0.3 is 5.63 Å². The summed E-state index contributed by atoms with van der Waals surface area (Å²) in [6, 6.07) is 12.9. The smallest absolute Gasteiger partial charge is 0.344 e. The fourth-order valence-corrected chi connectivity index (χ4v) is 3.44. The van der Waals surface area contributed by atoms with E-state index in [9.17, 15) is 9.59 Å². The lowest BCUT2D eigenvalue weighted by atomic mass is 10.1. The van der Waals surface area contributed by atoms with Crippen LogP contribution in [0.3, 0.4) is 0 Å². The van der Waals surface area contributed by atoms with Gasteiger partial charge in [-0.15, -0.1) is 0 Å². The van der Waals surface area contributed by atoms with E-state index in [1.54, 1.807) is 18.2 Å². The Hall–Kier alpha value is -2.82. The van der Waals surface area contributed by atoms with Crippen molar-refractivity contribution >= 4 is 27.6 Å². The summed E-state index contributed by atoms with van der Waals surface area (Å²) in [6.45, 7) is -0.0418. The monoisotopic (exact) mass is 337 g/mol. The molecule has 1 aliphatic rings. The van der Waals surface area contributed by atoms with E-state index >= 15 is 0 Å². The van der Waals surface area contributed by atoms with Gasteiger partial charge in [-0.05, 0) is 36.4 Å². The fraction of sp³-hybridized carbons (Fsp3) is 0.300. The molecule has 0 radical (unpaired) electrons. The third-order valence-corrected chi connectivity index (χ3v) is 4.68. The maximum atomic E-state index is 12.1. The first kappa shape index (κ1) is 15.7. The van der Waals surface area contributed by atoms with E-state index in [-0.39, 0.29) is 24.2 Å². The van der Waals surface area contributed by atoms with E-state index in [4.69, 9.17) is 9.15 Å². The van der Waals surface area contributed by atoms with Gasteiger partial charge in [-0.2, -0.15) is 0 Å². The molecule has 0 unspecified atom stereocenters. The van der Waals surface area contributed by atoms with Crippen molar-refractivity contribution < 1.29 is 13.9 Å². The second-order valence-corrected chi connectivity index (χ2v) is 6.43. The van der Waals surface area contributed by atoms with Gasteiger partial charge in [0.05, 0.1) is 5.39 Å². The minimum atomic E-state index is -0.376. The maximum Gasteiger partial charge on any atom is 0.344 e. The van der Waals surface area contributed by atoms with E-state index < -0.39 is 0 Å². The van der Waals surface area contributed by atoms with Gasteiger partial charge in [0.25, 0.3) is 5.91 Å². The molecule has 1 amide bonds. The van der Waals surface area contributed by atoms with Gasteiger partial charge in [0, 0.05) is 17.5 Å². The van der Waals surface area contributed by atoms with Crippen LogP contribution in [0.25, 0.3) is 21.7 Å². The minimum Gasteiger partial charge on any atom is -0.484 e. The highest BCUT2D eigenvalue weighted by molar-refractivity contribution is 6.04. The topological polar surface area (TPSA) is 68.5 Å². The number of ether oxygens (including phenoxy) is 1. The quantitative estimate of drug-likeness (QED) is 0.585. The van der Waals surface area contributed by atoms with Crippen LogP contribution in [0.15, 0.2) is 51.7 Å². The molecule has 1 aromatic heterocycles. The average Bonchev–Trinajstić information content (AvgIpc) is 3.13. The lowest BCUT2D eigenvalue weighted by molar-refractivity contribution is -0.123. The molecule has 128 valence electrons. The van der Waals surface area contributed by atoms with Crippen molar-refractivity contribution in [1.82, 2.24) is 5.32 Å². The molecule has 1 aliphatic carbocycles. The van der Waals surface area contributed by atoms with Crippen molar-refractivity contribution in [1.29, 1.82) is 0 Å². The van der Waals surface area contributed by atoms with Crippen molar-refractivity contribution in [2.75, 3.05) is 6.61 Å². The van der Waals surface area contributed by atoms with Crippen LogP contribution in [0.4, 0.5) is 0 Å². The summed E-state index contributed by atoms with van der Waals surface area (Å²) >= 11 is 0. The van der Waals surface area contributed by atoms with Gasteiger partial charge in [-0.1, -0.05) is 31.0 Å². The Morgan fingerprint density at radius 2 is 1.84 bits per heavy atom. The van der Waals surface area contributed by atoms with Crippen LogP contribution >= 0.6 is 0 Å². The second kappa shape index (κ2) is 6.59. The highest BCUT2D eigenvalue weighted by Gasteiger charge is 2.17. The number of nitrogens with one attached hydrogen (secondary N) is 1. The first-order valence-electron chi connectivity index (χ1n) is 8.58. The Bertz CT molecular complexity index is 986. The van der Waals surface area contributed by atoms with Crippen molar-refractivity contribution in [2.45, 2.75) is 31.7 Å². The first-order valence-corrected chi connectivity index (χ1v) is 8.58. The summed E-state index contributed by atoms with van der Waals surface area (Å²) < 4.78 is 11.0. The molecule has 1 saturated carbocycles. The molecule has 0 atom stereocenters. The fourth-order valence-electron chi connectivity index (χ4n) is 3.44. The molecule has 4 rings (SSSR count). The largest absolute Gasteiger partial charge is 0.484 e. The first-order chi connectivity index (χ1) is 12.2. The molecule has 0 saturated heterocycles. The predicted octanol–water partition coefficient (Wildman–Crippen LogP) is 3.38. The van der Waals surface area contributed by atoms with Gasteiger partial charge in [0.2, 0.25) is 0 Å². The van der Waals surface area contributed by atoms with Crippen LogP contribution < -0.4 is 15.7 Å². The third kappa shape index (κ3) is 3.22. The molecule has 0 aliphatic heterocycles. The number of hydrogen-bond donors (Lipinski definition) is 1. The van der Waals surface area contributed by atoms with Gasteiger partial charge in [-0.25, -0.2) is 4.79 Å². The zero-order chi connectivity index (χ0) is 17.2. The number of amides is 1. The number of hydrogen-bond acceptors (Lipinski definition) is 4. The summed E-state index contributed by atoms with van der Waals surface area (Å²) in [6.07, 6.45) is 4.42. The average molecular weight is 337 g/mol. The molecule has 5 heteroatoms. The van der Waals surface area contributed by atoms with Crippen LogP contribution in [-0.4, -0.2) is 18.6 Å². The lowest BCUT2D eigenvalue weighted by Crippen LogP contribution is -2.36. The minimum absolute atomic E-state index is 0.0418. The summed E-state index contributed by atoms with van der Waals surface area (Å²) in [4.78, 5) is 24.0. The van der Waals surface area contributed by atoms with Crippen LogP contribution in [0, 0.1) is 0 Å². The maximum absolute atomic E-state index is 12.1. The zero-order valence-electron chi connectivity index (χ0n) is 13.8. The van der Waals surface area contributed by atoms with Crippen LogP contribution in [-0.2, 0) is 4.79 Å².